The van der Waals surface area contributed by atoms with Gasteiger partial charge in [-0.25, -0.2) is 14.4 Å². The van der Waals surface area contributed by atoms with E-state index in [0.29, 0.717) is 12.0 Å². The van der Waals surface area contributed by atoms with Crippen molar-refractivity contribution >= 4 is 18.0 Å². The quantitative estimate of drug-likeness (QED) is 0.301. The molecular weight excluding hydrogens is 470 g/mol. The molecule has 0 aliphatic heterocycles. The van der Waals surface area contributed by atoms with E-state index in [1.54, 1.807) is 24.3 Å². The van der Waals surface area contributed by atoms with E-state index in [9.17, 15) is 19.5 Å². The van der Waals surface area contributed by atoms with Crippen molar-refractivity contribution in [3.05, 3.63) is 108 Å². The molecule has 0 spiro atoms. The van der Waals surface area contributed by atoms with Crippen molar-refractivity contribution in [3.8, 4) is 11.1 Å². The Hall–Kier alpha value is -4.39. The van der Waals surface area contributed by atoms with Gasteiger partial charge in [0, 0.05) is 13.0 Å². The van der Waals surface area contributed by atoms with Crippen LogP contribution in [0.2, 0.25) is 0 Å². The average molecular weight is 500 g/mol. The largest absolute Gasteiger partial charge is 0.480 e. The van der Waals surface area contributed by atoms with Crippen LogP contribution >= 0.6 is 0 Å². The number of esters is 1. The summed E-state index contributed by atoms with van der Waals surface area (Å²) in [6, 6.07) is 21.8. The minimum Gasteiger partial charge on any atom is -0.480 e. The van der Waals surface area contributed by atoms with Crippen LogP contribution in [0.4, 0.5) is 4.79 Å². The van der Waals surface area contributed by atoms with Crippen LogP contribution in [0.15, 0.2) is 85.5 Å². The van der Waals surface area contributed by atoms with Crippen molar-refractivity contribution in [2.45, 2.75) is 24.8 Å². The predicted octanol–water partition coefficient (Wildman–Crippen LogP) is 5.30. The van der Waals surface area contributed by atoms with Crippen molar-refractivity contribution in [2.24, 2.45) is 0 Å². The van der Waals surface area contributed by atoms with Crippen LogP contribution in [-0.4, -0.2) is 54.3 Å². The minimum atomic E-state index is -1.13. The van der Waals surface area contributed by atoms with Gasteiger partial charge in [0.15, 0.2) is 0 Å². The number of amides is 1. The number of ether oxygens (including phenoxy) is 2. The van der Waals surface area contributed by atoms with Crippen LogP contribution in [0.3, 0.4) is 0 Å². The summed E-state index contributed by atoms with van der Waals surface area (Å²) < 4.78 is 10.7. The minimum absolute atomic E-state index is 0.106. The Labute approximate surface area is 215 Å². The van der Waals surface area contributed by atoms with E-state index in [2.05, 4.69) is 18.7 Å². The highest BCUT2D eigenvalue weighted by Gasteiger charge is 2.31. The molecule has 0 radical (unpaired) electrons. The summed E-state index contributed by atoms with van der Waals surface area (Å²) in [5, 5.41) is 9.82. The Kier molecular flexibility index (Phi) is 8.03. The number of carbonyl (C=O) groups excluding carboxylic acids is 2. The summed E-state index contributed by atoms with van der Waals surface area (Å²) in [4.78, 5) is 38.1. The van der Waals surface area contributed by atoms with Gasteiger partial charge in [0.1, 0.15) is 19.3 Å². The number of fused-ring (bicyclic) bond motifs is 3. The standard InChI is InChI=1S/C30H29NO6/c1-3-17-36-29(34)21-10-8-9-20(18-21)15-16-27(28(32)33)31(2)30(35)37-19-26-24-13-6-4-11-22(24)23-12-5-7-14-25(23)26/h3-14,18,26-27H,1,15-17,19H2,2H3,(H,32,33)/t27-/m1/s1. The second-order valence-electron chi connectivity index (χ2n) is 8.90. The molecule has 0 saturated carbocycles. The third-order valence-electron chi connectivity index (χ3n) is 6.58. The fourth-order valence-electron chi connectivity index (χ4n) is 4.68. The molecule has 0 saturated heterocycles. The lowest BCUT2D eigenvalue weighted by Gasteiger charge is -2.25. The first-order chi connectivity index (χ1) is 17.9. The highest BCUT2D eigenvalue weighted by molar-refractivity contribution is 5.89. The molecule has 0 aromatic heterocycles. The van der Waals surface area contributed by atoms with Gasteiger partial charge in [-0.2, -0.15) is 0 Å². The molecule has 7 nitrogen and oxygen atoms in total. The molecule has 0 heterocycles. The van der Waals surface area contributed by atoms with Crippen molar-refractivity contribution < 1.29 is 29.0 Å². The van der Waals surface area contributed by atoms with E-state index in [4.69, 9.17) is 9.47 Å². The summed E-state index contributed by atoms with van der Waals surface area (Å²) in [5.74, 6) is -1.72. The van der Waals surface area contributed by atoms with Crippen LogP contribution < -0.4 is 0 Å². The molecule has 3 aromatic carbocycles. The summed E-state index contributed by atoms with van der Waals surface area (Å²) in [6.07, 6.45) is 1.29. The Morgan fingerprint density at radius 2 is 1.62 bits per heavy atom. The average Bonchev–Trinajstić information content (AvgIpc) is 3.24. The smallest absolute Gasteiger partial charge is 0.410 e. The van der Waals surface area contributed by atoms with E-state index < -0.39 is 24.1 Å². The summed E-state index contributed by atoms with van der Waals surface area (Å²) in [6.45, 7) is 3.74. The monoisotopic (exact) mass is 499 g/mol. The Morgan fingerprint density at radius 1 is 0.973 bits per heavy atom. The molecule has 4 rings (SSSR count). The number of nitrogens with zero attached hydrogens (tertiary/aromatic N) is 1. The second-order valence-corrected chi connectivity index (χ2v) is 8.90. The fraction of sp³-hybridized carbons (Fsp3) is 0.233. The van der Waals surface area contributed by atoms with E-state index in [0.717, 1.165) is 32.7 Å². The van der Waals surface area contributed by atoms with Gasteiger partial charge < -0.3 is 14.6 Å². The normalized spacial score (nSPS) is 12.7. The van der Waals surface area contributed by atoms with Crippen molar-refractivity contribution in [2.75, 3.05) is 20.3 Å². The molecule has 7 heteroatoms. The summed E-state index contributed by atoms with van der Waals surface area (Å²) in [7, 11) is 1.43. The van der Waals surface area contributed by atoms with Gasteiger partial charge >= 0.3 is 18.0 Å². The molecule has 1 atom stereocenters. The number of carboxylic acid groups (broad SMARTS) is 1. The van der Waals surface area contributed by atoms with Crippen LogP contribution in [0, 0.1) is 0 Å². The molecule has 0 fully saturated rings. The third-order valence-corrected chi connectivity index (χ3v) is 6.58. The summed E-state index contributed by atoms with van der Waals surface area (Å²) >= 11 is 0. The predicted molar refractivity (Wildman–Crippen MR) is 139 cm³/mol. The van der Waals surface area contributed by atoms with E-state index in [1.807, 2.05) is 36.4 Å². The molecule has 190 valence electrons. The van der Waals surface area contributed by atoms with Gasteiger partial charge in [0.05, 0.1) is 5.56 Å². The third kappa shape index (κ3) is 5.72. The Morgan fingerprint density at radius 3 is 2.24 bits per heavy atom. The number of carboxylic acids is 1. The molecular formula is C30H29NO6. The number of aryl methyl sites for hydroxylation is 1. The highest BCUT2D eigenvalue weighted by atomic mass is 16.6. The molecule has 1 aliphatic rings. The SMILES string of the molecule is C=CCOC(=O)c1cccc(CC[C@H](C(=O)O)N(C)C(=O)OCC2c3ccccc3-c3ccccc32)c1. The zero-order valence-electron chi connectivity index (χ0n) is 20.6. The lowest BCUT2D eigenvalue weighted by atomic mass is 9.98. The number of benzene rings is 3. The van der Waals surface area contributed by atoms with Gasteiger partial charge in [0.25, 0.3) is 0 Å². The molecule has 0 unspecified atom stereocenters. The van der Waals surface area contributed by atoms with Gasteiger partial charge in [-0.3, -0.25) is 4.90 Å². The molecule has 0 bridgehead atoms. The maximum absolute atomic E-state index is 12.9. The first-order valence-corrected chi connectivity index (χ1v) is 12.1. The van der Waals surface area contributed by atoms with Gasteiger partial charge in [0.2, 0.25) is 0 Å². The van der Waals surface area contributed by atoms with E-state index >= 15 is 0 Å². The van der Waals surface area contributed by atoms with E-state index in [1.165, 1.54) is 13.1 Å². The highest BCUT2D eigenvalue weighted by Crippen LogP contribution is 2.44. The summed E-state index contributed by atoms with van der Waals surface area (Å²) in [5.41, 5.74) is 5.54. The van der Waals surface area contributed by atoms with Crippen molar-refractivity contribution in [1.29, 1.82) is 0 Å². The van der Waals surface area contributed by atoms with Gasteiger partial charge in [-0.05, 0) is 52.8 Å². The molecule has 1 amide bonds. The second kappa shape index (κ2) is 11.6. The zero-order chi connectivity index (χ0) is 26.4. The molecule has 1 N–H and O–H groups in total. The number of rotatable bonds is 10. The lowest BCUT2D eigenvalue weighted by Crippen LogP contribution is -2.43. The van der Waals surface area contributed by atoms with Crippen molar-refractivity contribution in [1.82, 2.24) is 4.90 Å². The van der Waals surface area contributed by atoms with Crippen LogP contribution in [-0.2, 0) is 20.7 Å². The Balaban J connectivity index is 1.39. The number of hydrogen-bond donors (Lipinski definition) is 1. The van der Waals surface area contributed by atoms with Crippen LogP contribution in [0.25, 0.3) is 11.1 Å². The van der Waals surface area contributed by atoms with Crippen molar-refractivity contribution in [3.63, 3.8) is 0 Å². The molecule has 3 aromatic rings. The van der Waals surface area contributed by atoms with Gasteiger partial charge in [-0.15, -0.1) is 0 Å². The maximum atomic E-state index is 12.9. The first-order valence-electron chi connectivity index (χ1n) is 12.1. The topological polar surface area (TPSA) is 93.1 Å². The molecule has 1 aliphatic carbocycles. The van der Waals surface area contributed by atoms with Gasteiger partial charge in [-0.1, -0.05) is 73.3 Å². The van der Waals surface area contributed by atoms with Crippen LogP contribution in [0.5, 0.6) is 0 Å². The number of hydrogen-bond acceptors (Lipinski definition) is 5. The maximum Gasteiger partial charge on any atom is 0.410 e. The lowest BCUT2D eigenvalue weighted by molar-refractivity contribution is -0.142. The molecule has 37 heavy (non-hydrogen) atoms. The zero-order valence-corrected chi connectivity index (χ0v) is 20.6. The van der Waals surface area contributed by atoms with E-state index in [-0.39, 0.29) is 25.6 Å². The number of likely N-dealkylation sites (N-methyl/N-ethyl adjacent to an activating group) is 1. The Bertz CT molecular complexity index is 1270. The number of aliphatic carboxylic acids is 1. The number of carbonyl (C=O) groups is 3. The van der Waals surface area contributed by atoms with Crippen LogP contribution in [0.1, 0.15) is 39.4 Å². The fourth-order valence-corrected chi connectivity index (χ4v) is 4.68. The first kappa shape index (κ1) is 25.7.